The molecule has 1 aromatic heterocycles. The lowest BCUT2D eigenvalue weighted by Crippen LogP contribution is -2.54. The monoisotopic (exact) mass is 605 g/mol. The third-order valence-electron chi connectivity index (χ3n) is 9.03. The molecule has 1 saturated heterocycles. The van der Waals surface area contributed by atoms with E-state index in [0.717, 1.165) is 44.3 Å². The minimum atomic E-state index is -0.873. The van der Waals surface area contributed by atoms with Gasteiger partial charge in [0.1, 0.15) is 18.7 Å². The van der Waals surface area contributed by atoms with Crippen molar-refractivity contribution in [3.63, 3.8) is 0 Å². The number of para-hydroxylation sites is 1. The molecule has 2 heterocycles. The lowest BCUT2D eigenvalue weighted by molar-refractivity contribution is -0.153. The van der Waals surface area contributed by atoms with Crippen LogP contribution in [0.1, 0.15) is 49.3 Å². The number of benzene rings is 3. The normalized spacial score (nSPS) is 16.2. The predicted octanol–water partition coefficient (Wildman–Crippen LogP) is 6.46. The first-order chi connectivity index (χ1) is 21.9. The molecule has 0 radical (unpaired) electrons. The summed E-state index contributed by atoms with van der Waals surface area (Å²) < 4.78 is 11.2. The number of fused-ring (bicyclic) bond motifs is 4. The lowest BCUT2D eigenvalue weighted by Gasteiger charge is -2.34. The summed E-state index contributed by atoms with van der Waals surface area (Å²) in [6.45, 7) is 4.71. The summed E-state index contributed by atoms with van der Waals surface area (Å²) in [5, 5.41) is 0.988. The summed E-state index contributed by atoms with van der Waals surface area (Å²) in [4.78, 5) is 47.6. The number of hydrogen-bond donors (Lipinski definition) is 1. The number of nitrogens with one attached hydrogen (secondary N) is 1. The fraction of sp³-hybridized carbons (Fsp3) is 0.324. The van der Waals surface area contributed by atoms with E-state index in [1.54, 1.807) is 4.90 Å². The van der Waals surface area contributed by atoms with Crippen LogP contribution in [0.25, 0.3) is 22.0 Å². The van der Waals surface area contributed by atoms with Crippen molar-refractivity contribution < 1.29 is 23.9 Å². The van der Waals surface area contributed by atoms with Crippen LogP contribution in [-0.2, 0) is 25.5 Å². The number of carbonyl (C=O) groups is 3. The van der Waals surface area contributed by atoms with Gasteiger partial charge in [0.15, 0.2) is 0 Å². The second kappa shape index (κ2) is 13.0. The van der Waals surface area contributed by atoms with Crippen LogP contribution in [0.4, 0.5) is 4.79 Å². The van der Waals surface area contributed by atoms with Crippen LogP contribution in [-0.4, -0.2) is 71.6 Å². The number of nitrogens with zero attached hydrogens (tertiary/aromatic N) is 2. The molecule has 1 aliphatic carbocycles. The fourth-order valence-corrected chi connectivity index (χ4v) is 6.73. The van der Waals surface area contributed by atoms with E-state index >= 15 is 0 Å². The summed E-state index contributed by atoms with van der Waals surface area (Å²) >= 11 is 0. The van der Waals surface area contributed by atoms with E-state index in [9.17, 15) is 14.4 Å². The molecule has 8 heteroatoms. The van der Waals surface area contributed by atoms with Gasteiger partial charge >= 0.3 is 12.1 Å². The number of carbonyl (C=O) groups excluding carboxylic acids is 3. The van der Waals surface area contributed by atoms with Crippen LogP contribution >= 0.6 is 0 Å². The Morgan fingerprint density at radius 3 is 2.33 bits per heavy atom. The van der Waals surface area contributed by atoms with Crippen molar-refractivity contribution in [1.82, 2.24) is 14.8 Å². The van der Waals surface area contributed by atoms with Gasteiger partial charge in [-0.3, -0.25) is 9.69 Å². The fourth-order valence-electron chi connectivity index (χ4n) is 6.73. The number of ether oxygens (including phenoxy) is 2. The molecule has 0 bridgehead atoms. The molecule has 0 unspecified atom stereocenters. The number of hydrogen-bond acceptors (Lipinski definition) is 5. The summed E-state index contributed by atoms with van der Waals surface area (Å²) in [5.41, 5.74) is 7.46. The van der Waals surface area contributed by atoms with Gasteiger partial charge in [-0.1, -0.05) is 78.4 Å². The van der Waals surface area contributed by atoms with Gasteiger partial charge in [-0.15, -0.1) is 0 Å². The van der Waals surface area contributed by atoms with Gasteiger partial charge < -0.3 is 19.4 Å². The van der Waals surface area contributed by atoms with Crippen molar-refractivity contribution >= 4 is 28.9 Å². The largest absolute Gasteiger partial charge is 0.467 e. The Labute approximate surface area is 263 Å². The Morgan fingerprint density at radius 2 is 1.64 bits per heavy atom. The van der Waals surface area contributed by atoms with Crippen molar-refractivity contribution in [3.8, 4) is 11.1 Å². The highest BCUT2D eigenvalue weighted by Crippen LogP contribution is 2.44. The molecule has 6 rings (SSSR count). The molecule has 2 atom stereocenters. The molecule has 2 aliphatic rings. The molecule has 2 amide bonds. The maximum absolute atomic E-state index is 14.3. The van der Waals surface area contributed by atoms with Gasteiger partial charge in [-0.25, -0.2) is 9.59 Å². The highest BCUT2D eigenvalue weighted by molar-refractivity contribution is 5.91. The molecule has 0 spiro atoms. The number of methoxy groups -OCH3 is 1. The third-order valence-corrected chi connectivity index (χ3v) is 9.03. The van der Waals surface area contributed by atoms with E-state index in [1.807, 2.05) is 74.7 Å². The predicted molar refractivity (Wildman–Crippen MR) is 174 cm³/mol. The van der Waals surface area contributed by atoms with Gasteiger partial charge in [-0.2, -0.15) is 0 Å². The van der Waals surface area contributed by atoms with Gasteiger partial charge in [0.05, 0.1) is 7.11 Å². The van der Waals surface area contributed by atoms with Gasteiger partial charge in [0.2, 0.25) is 5.91 Å². The molecular formula is C37H39N3O5. The van der Waals surface area contributed by atoms with Crippen molar-refractivity contribution in [1.29, 1.82) is 0 Å². The Bertz CT molecular complexity index is 1710. The number of allylic oxidation sites excluding steroid dienone is 1. The van der Waals surface area contributed by atoms with E-state index in [2.05, 4.69) is 29.2 Å². The van der Waals surface area contributed by atoms with E-state index in [4.69, 9.17) is 9.47 Å². The summed E-state index contributed by atoms with van der Waals surface area (Å²) in [6.07, 6.45) is 4.73. The summed E-state index contributed by atoms with van der Waals surface area (Å²) in [7, 11) is 1.34. The first-order valence-electron chi connectivity index (χ1n) is 15.6. The molecular weight excluding hydrogens is 566 g/mol. The first-order valence-corrected chi connectivity index (χ1v) is 15.6. The molecule has 45 heavy (non-hydrogen) atoms. The lowest BCUT2D eigenvalue weighted by atomic mass is 9.98. The van der Waals surface area contributed by atoms with E-state index in [0.29, 0.717) is 19.4 Å². The van der Waals surface area contributed by atoms with Crippen molar-refractivity contribution in [2.24, 2.45) is 0 Å². The van der Waals surface area contributed by atoms with Crippen LogP contribution in [0.15, 0.2) is 90.6 Å². The minimum Gasteiger partial charge on any atom is -0.467 e. The van der Waals surface area contributed by atoms with Crippen LogP contribution < -0.4 is 0 Å². The third kappa shape index (κ3) is 5.97. The number of amides is 2. The first kappa shape index (κ1) is 30.2. The maximum Gasteiger partial charge on any atom is 0.410 e. The van der Waals surface area contributed by atoms with Crippen molar-refractivity contribution in [2.75, 3.05) is 26.8 Å². The average Bonchev–Trinajstić information content (AvgIpc) is 3.79. The number of aromatic amines is 1. The zero-order chi connectivity index (χ0) is 31.5. The Kier molecular flexibility index (Phi) is 8.74. The zero-order valence-corrected chi connectivity index (χ0v) is 26.0. The van der Waals surface area contributed by atoms with E-state index in [-0.39, 0.29) is 31.4 Å². The standard InChI is InChI=1S/C37H39N3O5/c1-24(2)18-20-39(34(36(42)44-3)21-25-22-38-32-16-9-8-11-26(25)32)35(41)33-17-10-19-40(33)37(43)45-23-31-29-14-6-4-12-27(29)28-13-5-7-15-30(28)31/h4-9,11-16,18,22,31,33-34,38H,10,17,19-21,23H2,1-3H3/t33-,34+/m0/s1. The molecule has 1 fully saturated rings. The number of esters is 1. The molecule has 3 aromatic carbocycles. The molecule has 232 valence electrons. The second-order valence-electron chi connectivity index (χ2n) is 12.0. The van der Waals surface area contributed by atoms with Gasteiger partial charge in [-0.05, 0) is 60.6 Å². The van der Waals surface area contributed by atoms with Gasteiger partial charge in [0, 0.05) is 42.5 Å². The second-order valence-corrected chi connectivity index (χ2v) is 12.0. The Balaban J connectivity index is 1.23. The minimum absolute atomic E-state index is 0.0767. The van der Waals surface area contributed by atoms with E-state index < -0.39 is 24.1 Å². The van der Waals surface area contributed by atoms with Crippen LogP contribution in [0, 0.1) is 0 Å². The average molecular weight is 606 g/mol. The Morgan fingerprint density at radius 1 is 0.978 bits per heavy atom. The maximum atomic E-state index is 14.3. The smallest absolute Gasteiger partial charge is 0.410 e. The summed E-state index contributed by atoms with van der Waals surface area (Å²) in [6, 6.07) is 22.7. The van der Waals surface area contributed by atoms with Crippen molar-refractivity contribution in [3.05, 3.63) is 107 Å². The number of rotatable bonds is 9. The molecule has 0 saturated carbocycles. The zero-order valence-electron chi connectivity index (χ0n) is 26.0. The number of H-pyrrole nitrogens is 1. The van der Waals surface area contributed by atoms with Crippen LogP contribution in [0.3, 0.4) is 0 Å². The highest BCUT2D eigenvalue weighted by atomic mass is 16.6. The van der Waals surface area contributed by atoms with Gasteiger partial charge in [0.25, 0.3) is 0 Å². The van der Waals surface area contributed by atoms with E-state index in [1.165, 1.54) is 12.0 Å². The SMILES string of the molecule is COC(=O)[C@@H](Cc1c[nH]c2ccccc12)N(CC=C(C)C)C(=O)[C@@H]1CCCN1C(=O)OCC1c2ccccc2-c2ccccc21. The van der Waals surface area contributed by atoms with Crippen LogP contribution in [0.5, 0.6) is 0 Å². The molecule has 1 N–H and O–H groups in total. The number of likely N-dealkylation sites (tertiary alicyclic amines) is 1. The topological polar surface area (TPSA) is 91.9 Å². The number of aromatic nitrogens is 1. The highest BCUT2D eigenvalue weighted by Gasteiger charge is 2.41. The quantitative estimate of drug-likeness (QED) is 0.175. The summed E-state index contributed by atoms with van der Waals surface area (Å²) in [5.74, 6) is -0.859. The molecule has 1 aliphatic heterocycles. The molecule has 8 nitrogen and oxygen atoms in total. The molecule has 4 aromatic rings. The van der Waals surface area contributed by atoms with Crippen molar-refractivity contribution in [2.45, 2.75) is 51.1 Å². The Hall–Kier alpha value is -4.85. The van der Waals surface area contributed by atoms with Crippen LogP contribution in [0.2, 0.25) is 0 Å².